The Morgan fingerprint density at radius 1 is 1.32 bits per heavy atom. The third-order valence-corrected chi connectivity index (χ3v) is 3.99. The Bertz CT molecular complexity index is 435. The van der Waals surface area contributed by atoms with Crippen molar-refractivity contribution in [3.05, 3.63) is 29.8 Å². The number of likely N-dealkylation sites (N-methyl/N-ethyl adjacent to an activating group) is 2. The zero-order valence-electron chi connectivity index (χ0n) is 14.2. The van der Waals surface area contributed by atoms with Crippen LogP contribution < -0.4 is 20.9 Å². The molecule has 0 saturated carbocycles. The van der Waals surface area contributed by atoms with Gasteiger partial charge in [-0.15, -0.1) is 0 Å². The standard InChI is InChI=1S/C17H30N4O/c1-13(2)22-16-7-5-14(6-8-16)17-15(11-19-20-17)12-21(4)10-9-18-3/h5-8,13,15,17-20H,9-12H2,1-4H3. The molecule has 1 aliphatic rings. The Hall–Kier alpha value is -1.14. The van der Waals surface area contributed by atoms with Gasteiger partial charge >= 0.3 is 0 Å². The molecular formula is C17H30N4O. The van der Waals surface area contributed by atoms with Crippen molar-refractivity contribution >= 4 is 0 Å². The van der Waals surface area contributed by atoms with Crippen LogP contribution in [0.2, 0.25) is 0 Å². The van der Waals surface area contributed by atoms with Crippen LogP contribution in [0.3, 0.4) is 0 Å². The molecule has 1 fully saturated rings. The van der Waals surface area contributed by atoms with Crippen LogP contribution in [0.4, 0.5) is 0 Å². The first-order chi connectivity index (χ1) is 10.6. The second kappa shape index (κ2) is 8.48. The van der Waals surface area contributed by atoms with Crippen LogP contribution in [0, 0.1) is 5.92 Å². The van der Waals surface area contributed by atoms with Crippen molar-refractivity contribution in [2.75, 3.05) is 40.3 Å². The number of benzene rings is 1. The van der Waals surface area contributed by atoms with E-state index in [-0.39, 0.29) is 6.10 Å². The number of hydrogen-bond acceptors (Lipinski definition) is 5. The third-order valence-electron chi connectivity index (χ3n) is 3.99. The highest BCUT2D eigenvalue weighted by atomic mass is 16.5. The lowest BCUT2D eigenvalue weighted by atomic mass is 9.94. The molecule has 2 unspecified atom stereocenters. The molecule has 5 nitrogen and oxygen atoms in total. The lowest BCUT2D eigenvalue weighted by Crippen LogP contribution is -2.34. The average molecular weight is 306 g/mol. The number of hydrazine groups is 1. The van der Waals surface area contributed by atoms with E-state index >= 15 is 0 Å². The molecule has 2 rings (SSSR count). The van der Waals surface area contributed by atoms with E-state index in [4.69, 9.17) is 4.74 Å². The normalized spacial score (nSPS) is 21.7. The van der Waals surface area contributed by atoms with Crippen LogP contribution in [0.5, 0.6) is 5.75 Å². The van der Waals surface area contributed by atoms with Crippen LogP contribution >= 0.6 is 0 Å². The van der Waals surface area contributed by atoms with Gasteiger partial charge in [0.2, 0.25) is 0 Å². The molecule has 0 radical (unpaired) electrons. The molecule has 0 aromatic heterocycles. The van der Waals surface area contributed by atoms with Crippen molar-refractivity contribution < 1.29 is 4.74 Å². The summed E-state index contributed by atoms with van der Waals surface area (Å²) in [5.74, 6) is 1.51. The summed E-state index contributed by atoms with van der Waals surface area (Å²) in [5.41, 5.74) is 8.03. The number of ether oxygens (including phenoxy) is 1. The average Bonchev–Trinajstić information content (AvgIpc) is 2.93. The number of rotatable bonds is 8. The van der Waals surface area contributed by atoms with Gasteiger partial charge in [0.15, 0.2) is 0 Å². The molecule has 3 N–H and O–H groups in total. The van der Waals surface area contributed by atoms with Gasteiger partial charge in [-0.2, -0.15) is 0 Å². The summed E-state index contributed by atoms with van der Waals surface area (Å²) in [5, 5.41) is 3.20. The van der Waals surface area contributed by atoms with Crippen molar-refractivity contribution in [2.45, 2.75) is 26.0 Å². The zero-order valence-corrected chi connectivity index (χ0v) is 14.2. The Labute approximate surface area is 134 Å². The van der Waals surface area contributed by atoms with Crippen molar-refractivity contribution in [3.63, 3.8) is 0 Å². The molecule has 1 heterocycles. The van der Waals surface area contributed by atoms with Crippen molar-refractivity contribution in [1.29, 1.82) is 0 Å². The van der Waals surface area contributed by atoms with Crippen LogP contribution in [0.15, 0.2) is 24.3 Å². The monoisotopic (exact) mass is 306 g/mol. The summed E-state index contributed by atoms with van der Waals surface area (Å²) in [6.45, 7) is 8.27. The van der Waals surface area contributed by atoms with E-state index in [0.717, 1.165) is 31.9 Å². The minimum absolute atomic E-state index is 0.214. The Morgan fingerprint density at radius 2 is 2.05 bits per heavy atom. The third kappa shape index (κ3) is 4.95. The number of hydrogen-bond donors (Lipinski definition) is 3. The molecule has 1 saturated heterocycles. The smallest absolute Gasteiger partial charge is 0.119 e. The fourth-order valence-corrected chi connectivity index (χ4v) is 2.88. The summed E-state index contributed by atoms with van der Waals surface area (Å²) in [6.07, 6.45) is 0.214. The van der Waals surface area contributed by atoms with E-state index in [0.29, 0.717) is 12.0 Å². The second-order valence-corrected chi connectivity index (χ2v) is 6.36. The highest BCUT2D eigenvalue weighted by Gasteiger charge is 2.28. The summed E-state index contributed by atoms with van der Waals surface area (Å²) in [4.78, 5) is 2.39. The number of nitrogens with one attached hydrogen (secondary N) is 3. The molecular weight excluding hydrogens is 276 g/mol. The Morgan fingerprint density at radius 3 is 2.68 bits per heavy atom. The maximum absolute atomic E-state index is 5.72. The summed E-state index contributed by atoms with van der Waals surface area (Å²) < 4.78 is 5.72. The van der Waals surface area contributed by atoms with Gasteiger partial charge in [-0.05, 0) is 45.6 Å². The summed E-state index contributed by atoms with van der Waals surface area (Å²) >= 11 is 0. The zero-order chi connectivity index (χ0) is 15.9. The lowest BCUT2D eigenvalue weighted by Gasteiger charge is -2.25. The van der Waals surface area contributed by atoms with E-state index in [9.17, 15) is 0 Å². The van der Waals surface area contributed by atoms with E-state index in [1.165, 1.54) is 5.56 Å². The molecule has 0 spiro atoms. The first-order valence-electron chi connectivity index (χ1n) is 8.18. The molecule has 0 amide bonds. The van der Waals surface area contributed by atoms with Crippen molar-refractivity contribution in [2.24, 2.45) is 5.92 Å². The minimum Gasteiger partial charge on any atom is -0.491 e. The van der Waals surface area contributed by atoms with Gasteiger partial charge in [-0.25, -0.2) is 5.43 Å². The van der Waals surface area contributed by atoms with E-state index in [1.807, 2.05) is 20.9 Å². The van der Waals surface area contributed by atoms with Crippen LogP contribution in [-0.2, 0) is 0 Å². The maximum atomic E-state index is 5.72. The molecule has 1 aromatic rings. The predicted octanol–water partition coefficient (Wildman–Crippen LogP) is 1.39. The quantitative estimate of drug-likeness (QED) is 0.678. The molecule has 22 heavy (non-hydrogen) atoms. The Kier molecular flexibility index (Phi) is 6.64. The van der Waals surface area contributed by atoms with Gasteiger partial charge < -0.3 is 15.0 Å². The largest absolute Gasteiger partial charge is 0.491 e. The molecule has 0 bridgehead atoms. The molecule has 124 valence electrons. The predicted molar refractivity (Wildman–Crippen MR) is 91.0 cm³/mol. The van der Waals surface area contributed by atoms with Gasteiger partial charge in [-0.3, -0.25) is 5.43 Å². The number of nitrogens with zero attached hydrogens (tertiary/aromatic N) is 1. The second-order valence-electron chi connectivity index (χ2n) is 6.36. The van der Waals surface area contributed by atoms with Gasteiger partial charge in [0.05, 0.1) is 12.1 Å². The summed E-state index contributed by atoms with van der Waals surface area (Å²) in [7, 11) is 4.18. The van der Waals surface area contributed by atoms with Crippen LogP contribution in [0.1, 0.15) is 25.5 Å². The minimum atomic E-state index is 0.214. The molecule has 5 heteroatoms. The van der Waals surface area contributed by atoms with E-state index in [2.05, 4.69) is 52.4 Å². The van der Waals surface area contributed by atoms with Gasteiger partial charge in [-0.1, -0.05) is 12.1 Å². The lowest BCUT2D eigenvalue weighted by molar-refractivity contribution is 0.242. The van der Waals surface area contributed by atoms with Gasteiger partial charge in [0.25, 0.3) is 0 Å². The molecule has 0 aliphatic carbocycles. The van der Waals surface area contributed by atoms with Gasteiger partial charge in [0.1, 0.15) is 5.75 Å². The Balaban J connectivity index is 1.94. The van der Waals surface area contributed by atoms with Gasteiger partial charge in [0, 0.05) is 32.1 Å². The first kappa shape index (κ1) is 17.2. The molecule has 2 atom stereocenters. The van der Waals surface area contributed by atoms with Crippen LogP contribution in [-0.4, -0.2) is 51.3 Å². The fourth-order valence-electron chi connectivity index (χ4n) is 2.88. The topological polar surface area (TPSA) is 48.6 Å². The first-order valence-corrected chi connectivity index (χ1v) is 8.18. The molecule has 1 aliphatic heterocycles. The van der Waals surface area contributed by atoms with E-state index < -0.39 is 0 Å². The van der Waals surface area contributed by atoms with Crippen molar-refractivity contribution in [3.8, 4) is 5.75 Å². The van der Waals surface area contributed by atoms with E-state index in [1.54, 1.807) is 0 Å². The summed E-state index contributed by atoms with van der Waals surface area (Å²) in [6, 6.07) is 8.82. The maximum Gasteiger partial charge on any atom is 0.119 e. The van der Waals surface area contributed by atoms with Crippen LogP contribution in [0.25, 0.3) is 0 Å². The van der Waals surface area contributed by atoms with Crippen molar-refractivity contribution in [1.82, 2.24) is 21.1 Å². The SMILES string of the molecule is CNCCN(C)CC1CNNC1c1ccc(OC(C)C)cc1. The highest BCUT2D eigenvalue weighted by Crippen LogP contribution is 2.27. The fraction of sp³-hybridized carbons (Fsp3) is 0.647. The molecule has 1 aromatic carbocycles. The highest BCUT2D eigenvalue weighted by molar-refractivity contribution is 5.30.